The molecule has 0 bridgehead atoms. The van der Waals surface area contributed by atoms with E-state index in [9.17, 15) is 19.1 Å². The molecule has 2 amide bonds. The first kappa shape index (κ1) is 24.5. The maximum absolute atomic E-state index is 13.0. The number of nitrogens with one attached hydrogen (secondary N) is 2. The molecule has 0 aliphatic carbocycles. The zero-order chi connectivity index (χ0) is 23.7. The third kappa shape index (κ3) is 8.19. The second-order valence-corrected chi connectivity index (χ2v) is 7.70. The summed E-state index contributed by atoms with van der Waals surface area (Å²) < 4.78 is 13.0. The number of halogens is 1. The van der Waals surface area contributed by atoms with Crippen LogP contribution in [0.4, 0.5) is 10.1 Å². The van der Waals surface area contributed by atoms with Crippen molar-refractivity contribution in [2.45, 2.75) is 25.5 Å². The zero-order valence-corrected chi connectivity index (χ0v) is 18.0. The topological polar surface area (TPSA) is 140 Å². The lowest BCUT2D eigenvalue weighted by Crippen LogP contribution is -2.41. The molecule has 1 aliphatic rings. The Morgan fingerprint density at radius 1 is 1.12 bits per heavy atom. The summed E-state index contributed by atoms with van der Waals surface area (Å²) >= 11 is 1.09. The smallest absolute Gasteiger partial charge is 0.300 e. The third-order valence-corrected chi connectivity index (χ3v) is 4.92. The van der Waals surface area contributed by atoms with Crippen LogP contribution in [0.25, 0.3) is 0 Å². The highest BCUT2D eigenvalue weighted by molar-refractivity contribution is 8.15. The van der Waals surface area contributed by atoms with Crippen molar-refractivity contribution in [1.82, 2.24) is 5.32 Å². The normalized spacial score (nSPS) is 17.1. The highest BCUT2D eigenvalue weighted by Gasteiger charge is 2.30. The van der Waals surface area contributed by atoms with Gasteiger partial charge in [-0.1, -0.05) is 11.8 Å². The van der Waals surface area contributed by atoms with Gasteiger partial charge in [-0.2, -0.15) is 5.10 Å². The molecule has 32 heavy (non-hydrogen) atoms. The number of anilines is 1. The highest BCUT2D eigenvalue weighted by atomic mass is 32.2. The summed E-state index contributed by atoms with van der Waals surface area (Å²) in [6.07, 6.45) is -0.00261. The number of hydrogen-bond acceptors (Lipinski definition) is 7. The van der Waals surface area contributed by atoms with Gasteiger partial charge in [0.1, 0.15) is 16.8 Å². The first-order chi connectivity index (χ1) is 15.1. The average Bonchev–Trinajstić information content (AvgIpc) is 2.73. The molecule has 1 atom stereocenters. The van der Waals surface area contributed by atoms with Crippen LogP contribution < -0.4 is 10.6 Å². The van der Waals surface area contributed by atoms with E-state index >= 15 is 0 Å². The Morgan fingerprint density at radius 3 is 2.31 bits per heavy atom. The molecule has 0 aromatic heterocycles. The van der Waals surface area contributed by atoms with E-state index in [0.717, 1.165) is 24.2 Å². The molecule has 9 nitrogen and oxygen atoms in total. The number of thioether (sulfide) groups is 1. The Hall–Kier alpha value is -3.73. The van der Waals surface area contributed by atoms with Crippen molar-refractivity contribution in [3.63, 3.8) is 0 Å². The molecule has 1 saturated heterocycles. The lowest BCUT2D eigenvalue weighted by Gasteiger charge is -2.21. The van der Waals surface area contributed by atoms with Crippen molar-refractivity contribution in [1.29, 1.82) is 0 Å². The van der Waals surface area contributed by atoms with Crippen molar-refractivity contribution in [2.24, 2.45) is 10.2 Å². The average molecular weight is 460 g/mol. The largest absolute Gasteiger partial charge is 0.508 e. The highest BCUT2D eigenvalue weighted by Crippen LogP contribution is 2.23. The summed E-state index contributed by atoms with van der Waals surface area (Å²) in [6.45, 7) is 2.82. The Kier molecular flexibility index (Phi) is 8.90. The summed E-state index contributed by atoms with van der Waals surface area (Å²) in [4.78, 5) is 33.3. The third-order valence-electron chi connectivity index (χ3n) is 3.85. The van der Waals surface area contributed by atoms with Gasteiger partial charge in [-0.05, 0) is 61.0 Å². The van der Waals surface area contributed by atoms with E-state index in [2.05, 4.69) is 20.8 Å². The lowest BCUT2D eigenvalue weighted by atomic mass is 10.1. The van der Waals surface area contributed by atoms with Gasteiger partial charge in [-0.25, -0.2) is 4.39 Å². The Morgan fingerprint density at radius 2 is 1.72 bits per heavy atom. The van der Waals surface area contributed by atoms with E-state index in [1.165, 1.54) is 36.4 Å². The van der Waals surface area contributed by atoms with Crippen molar-refractivity contribution in [2.75, 3.05) is 5.32 Å². The Balaban J connectivity index is 0.000000837. The van der Waals surface area contributed by atoms with Crippen LogP contribution in [0.3, 0.4) is 0 Å². The Labute approximate surface area is 187 Å². The van der Waals surface area contributed by atoms with Crippen LogP contribution in [0.1, 0.15) is 25.8 Å². The molecule has 1 unspecified atom stereocenters. The number of hydrogen-bond donors (Lipinski definition) is 4. The molecule has 3 rings (SSSR count). The van der Waals surface area contributed by atoms with Crippen molar-refractivity contribution < 1.29 is 29.0 Å². The number of carboxylic acids is 1. The molecule has 1 fully saturated rings. The molecule has 2 aromatic carbocycles. The van der Waals surface area contributed by atoms with Crippen molar-refractivity contribution in [3.05, 3.63) is 59.9 Å². The van der Waals surface area contributed by atoms with Crippen LogP contribution in [-0.4, -0.2) is 44.1 Å². The monoisotopic (exact) mass is 460 g/mol. The van der Waals surface area contributed by atoms with Crippen LogP contribution in [0, 0.1) is 5.82 Å². The minimum Gasteiger partial charge on any atom is -0.508 e. The van der Waals surface area contributed by atoms with Gasteiger partial charge >= 0.3 is 0 Å². The second-order valence-electron chi connectivity index (χ2n) is 6.51. The molecule has 0 saturated carbocycles. The minimum absolute atomic E-state index is 0.00261. The van der Waals surface area contributed by atoms with Gasteiger partial charge in [-0.15, -0.1) is 5.10 Å². The van der Waals surface area contributed by atoms with E-state index < -0.39 is 17.0 Å². The van der Waals surface area contributed by atoms with Crippen LogP contribution >= 0.6 is 11.8 Å². The van der Waals surface area contributed by atoms with E-state index in [1.54, 1.807) is 19.1 Å². The van der Waals surface area contributed by atoms with Crippen LogP contribution in [0.5, 0.6) is 5.75 Å². The maximum Gasteiger partial charge on any atom is 0.300 e. The SMILES string of the molecule is CC(=N/N=C1\NC(=O)CC(C(=O)Nc2ccc(F)cc2)S1)c1ccc(O)cc1.CC(=O)O. The number of carbonyl (C=O) groups excluding carboxylic acids is 2. The maximum atomic E-state index is 13.0. The molecule has 4 N–H and O–H groups in total. The lowest BCUT2D eigenvalue weighted by molar-refractivity contribution is -0.134. The van der Waals surface area contributed by atoms with E-state index in [1.807, 2.05) is 0 Å². The van der Waals surface area contributed by atoms with Crippen LogP contribution in [-0.2, 0) is 14.4 Å². The summed E-state index contributed by atoms with van der Waals surface area (Å²) in [5.41, 5.74) is 1.79. The molecular formula is C21H21FN4O5S. The molecule has 1 aliphatic heterocycles. The van der Waals surface area contributed by atoms with E-state index in [4.69, 9.17) is 9.90 Å². The van der Waals surface area contributed by atoms with E-state index in [0.29, 0.717) is 11.4 Å². The Bertz CT molecular complexity index is 1040. The number of aromatic hydroxyl groups is 1. The van der Waals surface area contributed by atoms with E-state index in [-0.39, 0.29) is 29.2 Å². The predicted octanol–water partition coefficient (Wildman–Crippen LogP) is 2.96. The van der Waals surface area contributed by atoms with Crippen molar-refractivity contribution >= 4 is 46.1 Å². The number of rotatable bonds is 4. The number of amidine groups is 1. The number of carbonyl (C=O) groups is 3. The first-order valence-electron chi connectivity index (χ1n) is 9.28. The van der Waals surface area contributed by atoms with Gasteiger partial charge in [-0.3, -0.25) is 14.4 Å². The summed E-state index contributed by atoms with van der Waals surface area (Å²) in [7, 11) is 0. The van der Waals surface area contributed by atoms with Gasteiger partial charge in [0.25, 0.3) is 5.97 Å². The molecule has 2 aromatic rings. The van der Waals surface area contributed by atoms with Gasteiger partial charge in [0.15, 0.2) is 5.17 Å². The zero-order valence-electron chi connectivity index (χ0n) is 17.2. The number of phenolic OH excluding ortho intramolecular Hbond substituents is 1. The van der Waals surface area contributed by atoms with Gasteiger partial charge in [0, 0.05) is 19.0 Å². The number of phenols is 1. The minimum atomic E-state index is -0.833. The van der Waals surface area contributed by atoms with Crippen molar-refractivity contribution in [3.8, 4) is 5.75 Å². The number of benzene rings is 2. The molecule has 1 heterocycles. The van der Waals surface area contributed by atoms with Gasteiger partial charge in [0.05, 0.1) is 5.71 Å². The van der Waals surface area contributed by atoms with Gasteiger partial charge in [0.2, 0.25) is 11.8 Å². The number of nitrogens with zero attached hydrogens (tertiary/aromatic N) is 2. The molecule has 0 spiro atoms. The fourth-order valence-corrected chi connectivity index (χ4v) is 3.31. The van der Waals surface area contributed by atoms with Gasteiger partial charge < -0.3 is 20.8 Å². The molecular weight excluding hydrogens is 439 g/mol. The summed E-state index contributed by atoms with van der Waals surface area (Å²) in [6, 6.07) is 11.8. The second kappa shape index (κ2) is 11.6. The number of carboxylic acid groups (broad SMARTS) is 1. The fourth-order valence-electron chi connectivity index (χ4n) is 2.38. The first-order valence-corrected chi connectivity index (χ1v) is 10.2. The predicted molar refractivity (Wildman–Crippen MR) is 120 cm³/mol. The standard InChI is InChI=1S/C19H17FN4O3S.C2H4O2/c1-11(12-2-8-15(25)9-3-12)23-24-19-22-17(26)10-16(28-19)18(27)21-14-6-4-13(20)5-7-14;1-2(3)4/h2-9,16,25H,10H2,1H3,(H,21,27)(H,22,24,26);1H3,(H,3,4). The quantitative estimate of drug-likeness (QED) is 0.408. The number of amides is 2. The molecule has 0 radical (unpaired) electrons. The molecule has 11 heteroatoms. The molecule has 168 valence electrons. The fraction of sp³-hybridized carbons (Fsp3) is 0.190. The summed E-state index contributed by atoms with van der Waals surface area (Å²) in [5.74, 6) is -1.80. The van der Waals surface area contributed by atoms with Crippen LogP contribution in [0.2, 0.25) is 0 Å². The summed E-state index contributed by atoms with van der Waals surface area (Å²) in [5, 5.41) is 29.6. The number of aliphatic carboxylic acids is 1. The van der Waals surface area contributed by atoms with Crippen LogP contribution in [0.15, 0.2) is 58.7 Å².